The summed E-state index contributed by atoms with van der Waals surface area (Å²) in [5, 5.41) is 4.69. The lowest BCUT2D eigenvalue weighted by Gasteiger charge is -2.23. The first kappa shape index (κ1) is 36.6. The Labute approximate surface area is 298 Å². The second-order valence-corrected chi connectivity index (χ2v) is 14.8. The lowest BCUT2D eigenvalue weighted by molar-refractivity contribution is 0.231. The van der Waals surface area contributed by atoms with Crippen molar-refractivity contribution in [1.29, 1.82) is 0 Å². The van der Waals surface area contributed by atoms with Gasteiger partial charge in [-0.25, -0.2) is 0 Å². The zero-order valence-electron chi connectivity index (χ0n) is 31.0. The SMILES string of the molecule is CCCCC(CC)COc1ccc2cc(C)ccc2c1-c1c(OCC(CC)CCCC)ccc2cc(-c3sc(C)c(OC)c3OC)ccc12. The number of benzene rings is 4. The van der Waals surface area contributed by atoms with Crippen molar-refractivity contribution >= 4 is 32.9 Å². The molecule has 5 aromatic rings. The molecule has 0 spiro atoms. The average Bonchev–Trinajstić information content (AvgIpc) is 3.46. The predicted octanol–water partition coefficient (Wildman–Crippen LogP) is 13.2. The van der Waals surface area contributed by atoms with Gasteiger partial charge in [-0.05, 0) is 83.8 Å². The molecule has 0 fully saturated rings. The molecule has 0 aliphatic carbocycles. The Balaban J connectivity index is 1.71. The van der Waals surface area contributed by atoms with Crippen molar-refractivity contribution in [3.05, 3.63) is 71.1 Å². The summed E-state index contributed by atoms with van der Waals surface area (Å²) in [4.78, 5) is 2.18. The lowest BCUT2D eigenvalue weighted by atomic mass is 9.90. The Kier molecular flexibility index (Phi) is 12.9. The van der Waals surface area contributed by atoms with Crippen molar-refractivity contribution in [2.24, 2.45) is 11.8 Å². The third-order valence-corrected chi connectivity index (χ3v) is 11.2. The summed E-state index contributed by atoms with van der Waals surface area (Å²) < 4.78 is 25.3. The molecule has 0 radical (unpaired) electrons. The van der Waals surface area contributed by atoms with Gasteiger partial charge in [-0.2, -0.15) is 0 Å². The normalized spacial score (nSPS) is 12.7. The highest BCUT2D eigenvalue weighted by molar-refractivity contribution is 7.16. The number of ether oxygens (including phenoxy) is 4. The third kappa shape index (κ3) is 8.20. The van der Waals surface area contributed by atoms with Crippen molar-refractivity contribution in [3.8, 4) is 44.6 Å². The van der Waals surface area contributed by atoms with Crippen molar-refractivity contribution in [3.63, 3.8) is 0 Å². The molecule has 0 saturated heterocycles. The second-order valence-electron chi connectivity index (χ2n) is 13.5. The highest BCUT2D eigenvalue weighted by Crippen LogP contribution is 2.50. The van der Waals surface area contributed by atoms with E-state index < -0.39 is 0 Å². The minimum Gasteiger partial charge on any atom is -0.493 e. The van der Waals surface area contributed by atoms with E-state index in [-0.39, 0.29) is 0 Å². The van der Waals surface area contributed by atoms with Crippen LogP contribution >= 0.6 is 11.3 Å². The molecule has 0 saturated carbocycles. The van der Waals surface area contributed by atoms with Crippen LogP contribution in [0.3, 0.4) is 0 Å². The zero-order chi connectivity index (χ0) is 34.9. The molecule has 4 aromatic carbocycles. The molecule has 0 aliphatic heterocycles. The number of unbranched alkanes of at least 4 members (excludes halogenated alkanes) is 2. The van der Waals surface area contributed by atoms with E-state index in [0.29, 0.717) is 25.0 Å². The van der Waals surface area contributed by atoms with Crippen LogP contribution in [0.5, 0.6) is 23.0 Å². The van der Waals surface area contributed by atoms with E-state index in [0.717, 1.165) is 73.1 Å². The maximum atomic E-state index is 6.87. The van der Waals surface area contributed by atoms with E-state index in [1.54, 1.807) is 25.6 Å². The number of thiophene rings is 1. The molecule has 0 bridgehead atoms. The first-order chi connectivity index (χ1) is 23.9. The van der Waals surface area contributed by atoms with Crippen LogP contribution in [0.1, 0.15) is 89.5 Å². The molecule has 262 valence electrons. The Morgan fingerprint density at radius 2 is 1.14 bits per heavy atom. The van der Waals surface area contributed by atoms with Gasteiger partial charge in [0.2, 0.25) is 0 Å². The quantitative estimate of drug-likeness (QED) is 0.0923. The molecule has 49 heavy (non-hydrogen) atoms. The van der Waals surface area contributed by atoms with Crippen LogP contribution in [0.25, 0.3) is 43.1 Å². The minimum atomic E-state index is 0.519. The smallest absolute Gasteiger partial charge is 0.179 e. The number of aryl methyl sites for hydroxylation is 2. The zero-order valence-corrected chi connectivity index (χ0v) is 31.9. The van der Waals surface area contributed by atoms with Gasteiger partial charge in [0, 0.05) is 16.0 Å². The standard InChI is InChI=1S/C44H56O4S/c1-9-13-15-31(11-3)27-47-38-23-19-33-25-29(5)17-21-36(33)40(38)41-37-22-18-35(44-43(46-8)42(45-7)30(6)49-44)26-34(37)20-24-39(41)48-28-32(12-4)16-14-10-2/h17-26,31-32H,9-16,27-28H2,1-8H3. The highest BCUT2D eigenvalue weighted by Gasteiger charge is 2.23. The molecular weight excluding hydrogens is 625 g/mol. The third-order valence-electron chi connectivity index (χ3n) is 10.1. The number of rotatable bonds is 18. The van der Waals surface area contributed by atoms with Crippen LogP contribution in [0.2, 0.25) is 0 Å². The van der Waals surface area contributed by atoms with Gasteiger partial charge >= 0.3 is 0 Å². The van der Waals surface area contributed by atoms with Crippen molar-refractivity contribution in [2.45, 2.75) is 92.9 Å². The summed E-state index contributed by atoms with van der Waals surface area (Å²) in [7, 11) is 3.42. The largest absolute Gasteiger partial charge is 0.493 e. The van der Waals surface area contributed by atoms with Crippen LogP contribution in [0.4, 0.5) is 0 Å². The van der Waals surface area contributed by atoms with E-state index in [9.17, 15) is 0 Å². The maximum Gasteiger partial charge on any atom is 0.179 e. The number of fused-ring (bicyclic) bond motifs is 2. The second kappa shape index (κ2) is 17.3. The summed E-state index contributed by atoms with van der Waals surface area (Å²) in [5.41, 5.74) is 4.57. The van der Waals surface area contributed by atoms with Gasteiger partial charge in [0.25, 0.3) is 0 Å². The van der Waals surface area contributed by atoms with Crippen molar-refractivity contribution in [2.75, 3.05) is 27.4 Å². The Morgan fingerprint density at radius 1 is 0.612 bits per heavy atom. The van der Waals surface area contributed by atoms with E-state index in [1.165, 1.54) is 54.9 Å². The summed E-state index contributed by atoms with van der Waals surface area (Å²) >= 11 is 1.70. The van der Waals surface area contributed by atoms with Crippen LogP contribution in [0.15, 0.2) is 60.7 Å². The number of hydrogen-bond donors (Lipinski definition) is 0. The van der Waals surface area contributed by atoms with Gasteiger partial charge in [-0.1, -0.05) is 114 Å². The van der Waals surface area contributed by atoms with Crippen LogP contribution in [-0.4, -0.2) is 27.4 Å². The van der Waals surface area contributed by atoms with E-state index in [1.807, 2.05) is 0 Å². The average molecular weight is 681 g/mol. The van der Waals surface area contributed by atoms with E-state index in [4.69, 9.17) is 18.9 Å². The molecule has 0 N–H and O–H groups in total. The maximum absolute atomic E-state index is 6.87. The highest BCUT2D eigenvalue weighted by atomic mass is 32.1. The molecule has 5 heteroatoms. The first-order valence-corrected chi connectivity index (χ1v) is 19.3. The van der Waals surface area contributed by atoms with Crippen LogP contribution in [-0.2, 0) is 0 Å². The molecule has 1 aromatic heterocycles. The van der Waals surface area contributed by atoms with Crippen LogP contribution in [0, 0.1) is 25.7 Å². The molecule has 0 aliphatic rings. The Morgan fingerprint density at radius 3 is 1.65 bits per heavy atom. The molecule has 5 rings (SSSR count). The minimum absolute atomic E-state index is 0.519. The van der Waals surface area contributed by atoms with Gasteiger partial charge in [-0.3, -0.25) is 0 Å². The summed E-state index contributed by atoms with van der Waals surface area (Å²) in [6.45, 7) is 14.7. The summed E-state index contributed by atoms with van der Waals surface area (Å²) in [6, 6.07) is 22.3. The van der Waals surface area contributed by atoms with Crippen LogP contribution < -0.4 is 18.9 Å². The van der Waals surface area contributed by atoms with Gasteiger partial charge in [0.1, 0.15) is 11.5 Å². The Bertz CT molecular complexity index is 1840. The molecule has 4 nitrogen and oxygen atoms in total. The predicted molar refractivity (Wildman–Crippen MR) is 210 cm³/mol. The molecule has 1 heterocycles. The number of hydrogen-bond acceptors (Lipinski definition) is 5. The van der Waals surface area contributed by atoms with Gasteiger partial charge in [-0.15, -0.1) is 11.3 Å². The van der Waals surface area contributed by atoms with E-state index >= 15 is 0 Å². The Hall–Kier alpha value is -3.70. The van der Waals surface area contributed by atoms with Crippen molar-refractivity contribution in [1.82, 2.24) is 0 Å². The van der Waals surface area contributed by atoms with E-state index in [2.05, 4.69) is 102 Å². The van der Waals surface area contributed by atoms with Gasteiger partial charge in [0.15, 0.2) is 11.5 Å². The summed E-state index contributed by atoms with van der Waals surface area (Å²) in [5.74, 6) is 4.47. The first-order valence-electron chi connectivity index (χ1n) is 18.4. The molecule has 0 amide bonds. The fourth-order valence-electron chi connectivity index (χ4n) is 6.97. The fraction of sp³-hybridized carbons (Fsp3) is 0.455. The summed E-state index contributed by atoms with van der Waals surface area (Å²) in [6.07, 6.45) is 9.45. The molecular formula is C44H56O4S. The number of methoxy groups -OCH3 is 2. The lowest BCUT2D eigenvalue weighted by Crippen LogP contribution is -2.13. The fourth-order valence-corrected chi connectivity index (χ4v) is 8.06. The van der Waals surface area contributed by atoms with Crippen molar-refractivity contribution < 1.29 is 18.9 Å². The molecule has 2 unspecified atom stereocenters. The molecule has 2 atom stereocenters. The van der Waals surface area contributed by atoms with Gasteiger partial charge in [0.05, 0.1) is 32.3 Å². The topological polar surface area (TPSA) is 36.9 Å². The monoisotopic (exact) mass is 680 g/mol. The van der Waals surface area contributed by atoms with Gasteiger partial charge < -0.3 is 18.9 Å².